The number of amides is 1. The van der Waals surface area contributed by atoms with Crippen LogP contribution in [0.1, 0.15) is 16.8 Å². The average molecular weight is 230 g/mol. The zero-order valence-electron chi connectivity index (χ0n) is 8.16. The molecule has 0 fully saturated rings. The van der Waals surface area contributed by atoms with Gasteiger partial charge in [0, 0.05) is 11.8 Å². The minimum absolute atomic E-state index is 0.339. The Morgan fingerprint density at radius 3 is 2.50 bits per heavy atom. The zero-order chi connectivity index (χ0) is 12.0. The van der Waals surface area contributed by atoms with Crippen molar-refractivity contribution in [2.75, 3.05) is 0 Å². The van der Waals surface area contributed by atoms with E-state index < -0.39 is 18.5 Å². The molecule has 0 aromatic heterocycles. The number of hydrogen-bond acceptors (Lipinski definition) is 2. The number of nitrogens with zero attached hydrogens (tertiary/aromatic N) is 1. The van der Waals surface area contributed by atoms with Crippen LogP contribution < -0.4 is 5.43 Å². The molecule has 1 N–H and O–H groups in total. The quantitative estimate of drug-likeness (QED) is 0.628. The third kappa shape index (κ3) is 4.59. The molecule has 0 radical (unpaired) electrons. The number of carbonyl (C=O) groups is 1. The van der Waals surface area contributed by atoms with E-state index in [1.807, 2.05) is 5.43 Å². The molecule has 0 saturated carbocycles. The highest BCUT2D eigenvalue weighted by molar-refractivity contribution is 5.94. The molecule has 1 rings (SSSR count). The zero-order valence-corrected chi connectivity index (χ0v) is 8.16. The van der Waals surface area contributed by atoms with Crippen molar-refractivity contribution in [1.82, 2.24) is 5.43 Å². The van der Waals surface area contributed by atoms with Crippen LogP contribution in [-0.4, -0.2) is 18.3 Å². The van der Waals surface area contributed by atoms with E-state index in [-0.39, 0.29) is 0 Å². The number of benzene rings is 1. The van der Waals surface area contributed by atoms with Crippen molar-refractivity contribution >= 4 is 12.1 Å². The largest absolute Gasteiger partial charge is 0.394 e. The van der Waals surface area contributed by atoms with Gasteiger partial charge in [-0.15, -0.1) is 0 Å². The first-order chi connectivity index (χ1) is 7.49. The Balaban J connectivity index is 2.42. The molecule has 0 unspecified atom stereocenters. The molecule has 0 saturated heterocycles. The van der Waals surface area contributed by atoms with E-state index in [2.05, 4.69) is 5.10 Å². The van der Waals surface area contributed by atoms with Crippen molar-refractivity contribution in [2.45, 2.75) is 12.6 Å². The smallest absolute Gasteiger partial charge is 0.267 e. The average Bonchev–Trinajstić information content (AvgIpc) is 2.24. The van der Waals surface area contributed by atoms with Gasteiger partial charge in [0.05, 0.1) is 6.42 Å². The molecule has 0 aliphatic carbocycles. The molecule has 1 amide bonds. The summed E-state index contributed by atoms with van der Waals surface area (Å²) < 4.78 is 35.1. The van der Waals surface area contributed by atoms with Crippen LogP contribution in [0.2, 0.25) is 0 Å². The lowest BCUT2D eigenvalue weighted by Gasteiger charge is -2.01. The lowest BCUT2D eigenvalue weighted by Crippen LogP contribution is -2.18. The molecule has 0 spiro atoms. The van der Waals surface area contributed by atoms with Crippen LogP contribution in [0.5, 0.6) is 0 Å². The number of nitrogens with one attached hydrogen (secondary N) is 1. The molecule has 0 aliphatic rings. The molecule has 16 heavy (non-hydrogen) atoms. The molecule has 3 nitrogen and oxygen atoms in total. The number of hydrazone groups is 1. The summed E-state index contributed by atoms with van der Waals surface area (Å²) in [6.07, 6.45) is -4.86. The lowest BCUT2D eigenvalue weighted by molar-refractivity contribution is -0.120. The Morgan fingerprint density at radius 1 is 1.31 bits per heavy atom. The number of alkyl halides is 3. The van der Waals surface area contributed by atoms with Gasteiger partial charge in [0.1, 0.15) is 0 Å². The van der Waals surface area contributed by atoms with Crippen molar-refractivity contribution in [3.63, 3.8) is 0 Å². The third-order valence-electron chi connectivity index (χ3n) is 1.62. The fraction of sp³-hybridized carbons (Fsp3) is 0.200. The number of hydrogen-bond donors (Lipinski definition) is 1. The van der Waals surface area contributed by atoms with Crippen LogP contribution >= 0.6 is 0 Å². The number of carbonyl (C=O) groups excluding carboxylic acids is 1. The lowest BCUT2D eigenvalue weighted by atomic mass is 10.2. The van der Waals surface area contributed by atoms with Gasteiger partial charge in [-0.25, -0.2) is 5.43 Å². The number of halogens is 3. The highest BCUT2D eigenvalue weighted by atomic mass is 19.4. The second-order valence-electron chi connectivity index (χ2n) is 2.94. The van der Waals surface area contributed by atoms with E-state index in [9.17, 15) is 18.0 Å². The van der Waals surface area contributed by atoms with E-state index in [4.69, 9.17) is 0 Å². The van der Waals surface area contributed by atoms with Gasteiger partial charge in [-0.1, -0.05) is 18.2 Å². The maximum absolute atomic E-state index is 11.7. The molecule has 6 heteroatoms. The first-order valence-electron chi connectivity index (χ1n) is 4.43. The summed E-state index contributed by atoms with van der Waals surface area (Å²) in [5.41, 5.74) is 2.34. The standard InChI is InChI=1S/C10H9F3N2O/c11-10(12,13)6-7-14-15-9(16)8-4-2-1-3-5-8/h1-5,7H,6H2,(H,15,16). The van der Waals surface area contributed by atoms with Crippen LogP contribution in [0.25, 0.3) is 0 Å². The molecule has 1 aromatic carbocycles. The summed E-state index contributed by atoms with van der Waals surface area (Å²) in [4.78, 5) is 11.3. The van der Waals surface area contributed by atoms with Gasteiger partial charge in [-0.05, 0) is 12.1 Å². The van der Waals surface area contributed by atoms with E-state index in [1.165, 1.54) is 12.1 Å². The van der Waals surface area contributed by atoms with E-state index >= 15 is 0 Å². The Bertz CT molecular complexity index is 373. The van der Waals surface area contributed by atoms with Gasteiger partial charge in [0.15, 0.2) is 0 Å². The van der Waals surface area contributed by atoms with Gasteiger partial charge in [0.2, 0.25) is 0 Å². The second-order valence-corrected chi connectivity index (χ2v) is 2.94. The Kier molecular flexibility index (Phi) is 4.04. The van der Waals surface area contributed by atoms with E-state index in [0.717, 1.165) is 0 Å². The first-order valence-corrected chi connectivity index (χ1v) is 4.43. The molecule has 0 heterocycles. The molecule has 0 bridgehead atoms. The van der Waals surface area contributed by atoms with E-state index in [0.29, 0.717) is 11.8 Å². The summed E-state index contributed by atoms with van der Waals surface area (Å²) in [6.45, 7) is 0. The normalized spacial score (nSPS) is 11.7. The third-order valence-corrected chi connectivity index (χ3v) is 1.62. The molecule has 1 aromatic rings. The topological polar surface area (TPSA) is 41.5 Å². The second kappa shape index (κ2) is 5.29. The summed E-state index contributed by atoms with van der Waals surface area (Å²) in [5.74, 6) is -0.543. The van der Waals surface area contributed by atoms with Crippen molar-refractivity contribution in [3.8, 4) is 0 Å². The Labute approximate surface area is 90.0 Å². The van der Waals surface area contributed by atoms with Crippen LogP contribution in [0.4, 0.5) is 13.2 Å². The van der Waals surface area contributed by atoms with Crippen LogP contribution in [0.3, 0.4) is 0 Å². The fourth-order valence-electron chi connectivity index (χ4n) is 0.908. The fourth-order valence-corrected chi connectivity index (χ4v) is 0.908. The van der Waals surface area contributed by atoms with Gasteiger partial charge in [0.25, 0.3) is 5.91 Å². The number of rotatable bonds is 3. The van der Waals surface area contributed by atoms with Crippen molar-refractivity contribution in [1.29, 1.82) is 0 Å². The molecule has 0 aliphatic heterocycles. The van der Waals surface area contributed by atoms with Crippen molar-refractivity contribution < 1.29 is 18.0 Å². The Morgan fingerprint density at radius 2 is 1.94 bits per heavy atom. The highest BCUT2D eigenvalue weighted by Crippen LogP contribution is 2.17. The predicted molar refractivity (Wildman–Crippen MR) is 53.1 cm³/mol. The molecule has 86 valence electrons. The molecular weight excluding hydrogens is 221 g/mol. The SMILES string of the molecule is O=C(NN=CCC(F)(F)F)c1ccccc1. The van der Waals surface area contributed by atoms with Crippen molar-refractivity contribution in [3.05, 3.63) is 35.9 Å². The summed E-state index contributed by atoms with van der Waals surface area (Å²) in [5, 5.41) is 3.19. The maximum Gasteiger partial charge on any atom is 0.394 e. The molecule has 0 atom stereocenters. The van der Waals surface area contributed by atoms with Crippen molar-refractivity contribution in [2.24, 2.45) is 5.10 Å². The summed E-state index contributed by atoms with van der Waals surface area (Å²) in [6, 6.07) is 8.09. The summed E-state index contributed by atoms with van der Waals surface area (Å²) in [7, 11) is 0. The molecular formula is C10H9F3N2O. The van der Waals surface area contributed by atoms with Gasteiger partial charge < -0.3 is 0 Å². The summed E-state index contributed by atoms with van der Waals surface area (Å²) >= 11 is 0. The van der Waals surface area contributed by atoms with Crippen LogP contribution in [0.15, 0.2) is 35.4 Å². The predicted octanol–water partition coefficient (Wildman–Crippen LogP) is 2.35. The minimum Gasteiger partial charge on any atom is -0.267 e. The first kappa shape index (κ1) is 12.2. The van der Waals surface area contributed by atoms with Gasteiger partial charge >= 0.3 is 6.18 Å². The van der Waals surface area contributed by atoms with Gasteiger partial charge in [-0.2, -0.15) is 18.3 Å². The van der Waals surface area contributed by atoms with E-state index in [1.54, 1.807) is 18.2 Å². The monoisotopic (exact) mass is 230 g/mol. The van der Waals surface area contributed by atoms with Crippen LogP contribution in [0, 0.1) is 0 Å². The minimum atomic E-state index is -4.30. The van der Waals surface area contributed by atoms with Gasteiger partial charge in [-0.3, -0.25) is 4.79 Å². The highest BCUT2D eigenvalue weighted by Gasteiger charge is 2.25. The Hall–Kier alpha value is -1.85. The maximum atomic E-state index is 11.7. The van der Waals surface area contributed by atoms with Crippen LogP contribution in [-0.2, 0) is 0 Å².